The number of piperazine rings is 1. The molecule has 0 bridgehead atoms. The van der Waals surface area contributed by atoms with Gasteiger partial charge in [-0.1, -0.05) is 6.07 Å². The van der Waals surface area contributed by atoms with Gasteiger partial charge < -0.3 is 14.6 Å². The van der Waals surface area contributed by atoms with Crippen molar-refractivity contribution in [3.63, 3.8) is 0 Å². The second-order valence-corrected chi connectivity index (χ2v) is 6.07. The lowest BCUT2D eigenvalue weighted by Crippen LogP contribution is -2.51. The number of furan rings is 1. The fourth-order valence-corrected chi connectivity index (χ4v) is 3.33. The van der Waals surface area contributed by atoms with Gasteiger partial charge in [-0.05, 0) is 39.5 Å². The van der Waals surface area contributed by atoms with E-state index in [9.17, 15) is 9.59 Å². The van der Waals surface area contributed by atoms with Crippen LogP contribution < -0.4 is 5.32 Å². The highest BCUT2D eigenvalue weighted by Gasteiger charge is 2.36. The second kappa shape index (κ2) is 5.41. The van der Waals surface area contributed by atoms with E-state index in [1.165, 1.54) is 11.3 Å². The molecule has 1 atom stereocenters. The van der Waals surface area contributed by atoms with E-state index in [1.807, 2.05) is 17.5 Å². The molecular formula is C13H11BrN2O3S. The third-order valence-electron chi connectivity index (χ3n) is 3.07. The van der Waals surface area contributed by atoms with Crippen molar-refractivity contribution in [1.29, 1.82) is 0 Å². The first kappa shape index (κ1) is 13.4. The topological polar surface area (TPSA) is 62.6 Å². The Balaban J connectivity index is 1.93. The lowest BCUT2D eigenvalue weighted by Gasteiger charge is -2.33. The van der Waals surface area contributed by atoms with Crippen LogP contribution in [-0.4, -0.2) is 29.8 Å². The Morgan fingerprint density at radius 2 is 2.30 bits per heavy atom. The highest BCUT2D eigenvalue weighted by atomic mass is 79.9. The first-order valence-corrected chi connectivity index (χ1v) is 7.71. The Bertz CT molecular complexity index is 638. The van der Waals surface area contributed by atoms with Gasteiger partial charge in [0.25, 0.3) is 5.91 Å². The number of halogens is 1. The molecule has 0 spiro atoms. The van der Waals surface area contributed by atoms with E-state index in [2.05, 4.69) is 21.2 Å². The Hall–Kier alpha value is -1.60. The number of nitrogens with zero attached hydrogens (tertiary/aromatic N) is 1. The van der Waals surface area contributed by atoms with Crippen molar-refractivity contribution in [3.8, 4) is 0 Å². The summed E-state index contributed by atoms with van der Waals surface area (Å²) in [6, 6.07) is 6.41. The zero-order valence-corrected chi connectivity index (χ0v) is 12.7. The molecule has 0 aromatic carbocycles. The monoisotopic (exact) mass is 354 g/mol. The first-order valence-electron chi connectivity index (χ1n) is 6.04. The summed E-state index contributed by atoms with van der Waals surface area (Å²) in [7, 11) is 0. The van der Waals surface area contributed by atoms with Gasteiger partial charge in [-0.25, -0.2) is 0 Å². The zero-order chi connectivity index (χ0) is 14.1. The maximum atomic E-state index is 12.5. The third kappa shape index (κ3) is 2.38. The van der Waals surface area contributed by atoms with Crippen LogP contribution in [0.15, 0.2) is 38.7 Å². The summed E-state index contributed by atoms with van der Waals surface area (Å²) >= 11 is 4.64. The van der Waals surface area contributed by atoms with Gasteiger partial charge in [0.2, 0.25) is 5.91 Å². The molecule has 2 aromatic rings. The van der Waals surface area contributed by atoms with Crippen LogP contribution in [0.3, 0.4) is 0 Å². The van der Waals surface area contributed by atoms with E-state index in [-0.39, 0.29) is 17.6 Å². The van der Waals surface area contributed by atoms with Crippen molar-refractivity contribution in [3.05, 3.63) is 45.0 Å². The van der Waals surface area contributed by atoms with Crippen molar-refractivity contribution < 1.29 is 14.0 Å². The van der Waals surface area contributed by atoms with Crippen LogP contribution in [-0.2, 0) is 4.79 Å². The predicted molar refractivity (Wildman–Crippen MR) is 77.5 cm³/mol. The van der Waals surface area contributed by atoms with Crippen LogP contribution in [0.4, 0.5) is 0 Å². The van der Waals surface area contributed by atoms with Crippen LogP contribution in [0.2, 0.25) is 0 Å². The van der Waals surface area contributed by atoms with Crippen molar-refractivity contribution in [2.45, 2.75) is 6.04 Å². The molecule has 5 nitrogen and oxygen atoms in total. The van der Waals surface area contributed by atoms with Crippen LogP contribution in [0.1, 0.15) is 21.5 Å². The second-order valence-electron chi connectivity index (χ2n) is 4.31. The lowest BCUT2D eigenvalue weighted by atomic mass is 10.1. The highest BCUT2D eigenvalue weighted by molar-refractivity contribution is 9.10. The summed E-state index contributed by atoms with van der Waals surface area (Å²) in [5.41, 5.74) is 0. The molecule has 1 fully saturated rings. The first-order chi connectivity index (χ1) is 9.66. The molecule has 1 aliphatic rings. The van der Waals surface area contributed by atoms with Crippen LogP contribution in [0, 0.1) is 0 Å². The normalized spacial score (nSPS) is 18.9. The van der Waals surface area contributed by atoms with E-state index < -0.39 is 6.04 Å². The molecule has 1 N–H and O–H groups in total. The fraction of sp³-hybridized carbons (Fsp3) is 0.231. The minimum Gasteiger partial charge on any atom is -0.444 e. The SMILES string of the molecule is O=C1NCCN(C(=O)c2ccc(Br)o2)[C@@H]1c1cccs1. The van der Waals surface area contributed by atoms with Crippen molar-refractivity contribution in [2.24, 2.45) is 0 Å². The maximum absolute atomic E-state index is 12.5. The van der Waals surface area contributed by atoms with Crippen molar-refractivity contribution in [1.82, 2.24) is 10.2 Å². The maximum Gasteiger partial charge on any atom is 0.290 e. The van der Waals surface area contributed by atoms with E-state index in [4.69, 9.17) is 4.42 Å². The Morgan fingerprint density at radius 1 is 1.45 bits per heavy atom. The van der Waals surface area contributed by atoms with Crippen LogP contribution in [0.5, 0.6) is 0 Å². The number of carbonyl (C=O) groups is 2. The molecule has 0 radical (unpaired) electrons. The number of hydrogen-bond donors (Lipinski definition) is 1. The molecule has 2 amide bonds. The van der Waals surface area contributed by atoms with Gasteiger partial charge in [-0.3, -0.25) is 9.59 Å². The standard InChI is InChI=1S/C13H11BrN2O3S/c14-10-4-3-8(19-10)13(18)16-6-5-15-12(17)11(16)9-2-1-7-20-9/h1-4,7,11H,5-6H2,(H,15,17)/t11-/m1/s1. The van der Waals surface area contributed by atoms with Gasteiger partial charge in [-0.15, -0.1) is 11.3 Å². The number of carbonyl (C=O) groups excluding carboxylic acids is 2. The van der Waals surface area contributed by atoms with Gasteiger partial charge in [0, 0.05) is 18.0 Å². The Kier molecular flexibility index (Phi) is 3.62. The number of nitrogens with one attached hydrogen (secondary N) is 1. The highest BCUT2D eigenvalue weighted by Crippen LogP contribution is 2.29. The fourth-order valence-electron chi connectivity index (χ4n) is 2.19. The predicted octanol–water partition coefficient (Wildman–Crippen LogP) is 2.42. The van der Waals surface area contributed by atoms with Crippen LogP contribution in [0.25, 0.3) is 0 Å². The van der Waals surface area contributed by atoms with E-state index in [0.717, 1.165) is 4.88 Å². The van der Waals surface area contributed by atoms with Gasteiger partial charge >= 0.3 is 0 Å². The summed E-state index contributed by atoms with van der Waals surface area (Å²) in [4.78, 5) is 27.0. The van der Waals surface area contributed by atoms with Gasteiger partial charge in [0.15, 0.2) is 10.4 Å². The molecule has 1 aliphatic heterocycles. The largest absolute Gasteiger partial charge is 0.444 e. The van der Waals surface area contributed by atoms with Gasteiger partial charge in [-0.2, -0.15) is 0 Å². The minimum absolute atomic E-state index is 0.155. The zero-order valence-electron chi connectivity index (χ0n) is 10.3. The molecule has 3 heterocycles. The lowest BCUT2D eigenvalue weighted by molar-refractivity contribution is -0.128. The molecule has 0 unspecified atom stereocenters. The summed E-state index contributed by atoms with van der Waals surface area (Å²) in [6.45, 7) is 0.916. The summed E-state index contributed by atoms with van der Waals surface area (Å²) in [5, 5.41) is 4.69. The molecule has 3 rings (SSSR count). The quantitative estimate of drug-likeness (QED) is 0.900. The molecule has 0 saturated carbocycles. The average Bonchev–Trinajstić information content (AvgIpc) is 3.09. The Morgan fingerprint density at radius 3 is 2.95 bits per heavy atom. The van der Waals surface area contributed by atoms with Crippen molar-refractivity contribution in [2.75, 3.05) is 13.1 Å². The number of amides is 2. The van der Waals surface area contributed by atoms with Crippen LogP contribution >= 0.6 is 27.3 Å². The Labute approximate surface area is 127 Å². The molecule has 7 heteroatoms. The average molecular weight is 355 g/mol. The number of thiophene rings is 1. The smallest absolute Gasteiger partial charge is 0.290 e. The third-order valence-corrected chi connectivity index (χ3v) is 4.42. The summed E-state index contributed by atoms with van der Waals surface area (Å²) < 4.78 is 5.79. The number of hydrogen-bond acceptors (Lipinski definition) is 4. The molecule has 20 heavy (non-hydrogen) atoms. The molecule has 2 aromatic heterocycles. The van der Waals surface area contributed by atoms with E-state index in [1.54, 1.807) is 17.0 Å². The summed E-state index contributed by atoms with van der Waals surface area (Å²) in [5.74, 6) is -0.199. The van der Waals surface area contributed by atoms with Crippen molar-refractivity contribution >= 4 is 39.1 Å². The molecule has 104 valence electrons. The van der Waals surface area contributed by atoms with Gasteiger partial charge in [0.05, 0.1) is 0 Å². The molecule has 0 aliphatic carbocycles. The van der Waals surface area contributed by atoms with E-state index >= 15 is 0 Å². The number of rotatable bonds is 2. The van der Waals surface area contributed by atoms with E-state index in [0.29, 0.717) is 17.8 Å². The summed E-state index contributed by atoms with van der Waals surface area (Å²) in [6.07, 6.45) is 0. The van der Waals surface area contributed by atoms with Gasteiger partial charge in [0.1, 0.15) is 6.04 Å². The molecular weight excluding hydrogens is 344 g/mol. The minimum atomic E-state index is -0.583. The molecule has 1 saturated heterocycles.